The van der Waals surface area contributed by atoms with Gasteiger partial charge in [0, 0.05) is 40.9 Å². The minimum absolute atomic E-state index is 0.125. The first-order chi connectivity index (χ1) is 14.3. The molecular weight excluding hydrogens is 509 g/mol. The Bertz CT molecular complexity index is 1050. The number of pyridine rings is 1. The van der Waals surface area contributed by atoms with E-state index < -0.39 is 28.9 Å². The molecule has 0 unspecified atom stereocenters. The van der Waals surface area contributed by atoms with Gasteiger partial charge in [0.25, 0.3) is 11.6 Å². The number of H-pyrrole nitrogens is 1. The van der Waals surface area contributed by atoms with Crippen LogP contribution in [-0.2, 0) is 16.1 Å². The summed E-state index contributed by atoms with van der Waals surface area (Å²) in [6, 6.07) is 6.22. The number of carbonyl (C=O) groups excluding carboxylic acids is 1. The maximum absolute atomic E-state index is 12.0. The number of rotatable bonds is 8. The largest absolute Gasteiger partial charge is 0.867 e. The number of benzene rings is 1. The van der Waals surface area contributed by atoms with E-state index in [0.29, 0.717) is 11.3 Å². The molecule has 1 aromatic carbocycles. The van der Waals surface area contributed by atoms with Crippen molar-refractivity contribution in [3.8, 4) is 17.7 Å². The molecule has 0 saturated heterocycles. The number of aromatic amines is 1. The summed E-state index contributed by atoms with van der Waals surface area (Å²) < 4.78 is 10.6. The highest BCUT2D eigenvalue weighted by atomic mass is 127. The first-order valence-electron chi connectivity index (χ1n) is 8.31. The van der Waals surface area contributed by atoms with Crippen molar-refractivity contribution in [2.45, 2.75) is 13.5 Å². The summed E-state index contributed by atoms with van der Waals surface area (Å²) in [7, 11) is 1.50. The molecule has 1 heterocycles. The van der Waals surface area contributed by atoms with Crippen molar-refractivity contribution in [3.63, 3.8) is 0 Å². The highest BCUT2D eigenvalue weighted by Gasteiger charge is 2.19. The number of amides is 1. The minimum atomic E-state index is -0.781. The van der Waals surface area contributed by atoms with Crippen LogP contribution in [0.5, 0.6) is 11.6 Å². The predicted octanol–water partition coefficient (Wildman–Crippen LogP) is 0.943. The lowest BCUT2D eigenvalue weighted by Gasteiger charge is -2.09. The van der Waals surface area contributed by atoms with Crippen LogP contribution in [-0.4, -0.2) is 30.8 Å². The van der Waals surface area contributed by atoms with Crippen molar-refractivity contribution in [2.75, 3.05) is 13.7 Å². The Balaban J connectivity index is 2.05. The molecule has 0 aliphatic heterocycles. The summed E-state index contributed by atoms with van der Waals surface area (Å²) in [6.07, 6.45) is 1.17. The Hall–Kier alpha value is -3.31. The molecule has 0 aliphatic rings. The average Bonchev–Trinajstić information content (AvgIpc) is 2.68. The van der Waals surface area contributed by atoms with Crippen LogP contribution < -0.4 is 20.3 Å². The number of hydrogen-bond donors (Lipinski definition) is 1. The Labute approximate surface area is 184 Å². The summed E-state index contributed by atoms with van der Waals surface area (Å²) in [5, 5.41) is 35.7. The molecule has 30 heavy (non-hydrogen) atoms. The third-order valence-corrected chi connectivity index (χ3v) is 4.46. The minimum Gasteiger partial charge on any atom is -0.867 e. The zero-order valence-electron chi connectivity index (χ0n) is 15.9. The second-order valence-corrected chi connectivity index (χ2v) is 7.08. The fraction of sp³-hybridized carbons (Fsp3) is 0.222. The van der Waals surface area contributed by atoms with E-state index in [9.17, 15) is 25.3 Å². The van der Waals surface area contributed by atoms with Crippen LogP contribution in [0.25, 0.3) is 0 Å². The van der Waals surface area contributed by atoms with Gasteiger partial charge in [0.1, 0.15) is 6.07 Å². The number of nitro groups is 1. The lowest BCUT2D eigenvalue weighted by molar-refractivity contribution is -0.403. The Morgan fingerprint density at radius 1 is 1.47 bits per heavy atom. The van der Waals surface area contributed by atoms with Crippen molar-refractivity contribution < 1.29 is 29.3 Å². The molecule has 11 nitrogen and oxygen atoms in total. The molecule has 0 radical (unpaired) electrons. The van der Waals surface area contributed by atoms with Crippen LogP contribution in [0.1, 0.15) is 22.4 Å². The molecule has 0 fully saturated rings. The Kier molecular flexibility index (Phi) is 8.01. The van der Waals surface area contributed by atoms with Crippen LogP contribution >= 0.6 is 22.6 Å². The number of nitriles is 1. The van der Waals surface area contributed by atoms with Gasteiger partial charge in [-0.2, -0.15) is 15.3 Å². The van der Waals surface area contributed by atoms with Crippen LogP contribution in [0, 0.1) is 31.9 Å². The number of nitrogens with zero attached hydrogens (tertiary/aromatic N) is 3. The fourth-order valence-electron chi connectivity index (χ4n) is 2.42. The highest BCUT2D eigenvalue weighted by Crippen LogP contribution is 2.29. The number of nitrogens with one attached hydrogen (secondary N) is 2. The summed E-state index contributed by atoms with van der Waals surface area (Å²) in [5.41, 5.74) is 3.45. The zero-order valence-corrected chi connectivity index (χ0v) is 18.1. The summed E-state index contributed by atoms with van der Waals surface area (Å²) >= 11 is 1.69. The van der Waals surface area contributed by atoms with Gasteiger partial charge in [-0.3, -0.25) is 14.9 Å². The molecule has 156 valence electrons. The SMILES string of the molecule is COCc1cc(C)[nH+]c(OCC(=O)N/N=C/c2cc(I)c([O-])c([N+](=O)[O-])c2)c1C#N. The number of methoxy groups -OCH3 is 1. The Morgan fingerprint density at radius 3 is 2.83 bits per heavy atom. The van der Waals surface area contributed by atoms with E-state index in [2.05, 4.69) is 15.5 Å². The van der Waals surface area contributed by atoms with Crippen LogP contribution in [0.4, 0.5) is 5.69 Å². The quantitative estimate of drug-likeness (QED) is 0.232. The van der Waals surface area contributed by atoms with E-state index in [-0.39, 0.29) is 27.2 Å². The molecule has 0 atom stereocenters. The lowest BCUT2D eigenvalue weighted by Crippen LogP contribution is -2.27. The monoisotopic (exact) mass is 525 g/mol. The second kappa shape index (κ2) is 10.5. The van der Waals surface area contributed by atoms with Gasteiger partial charge in [0.15, 0.2) is 17.9 Å². The van der Waals surface area contributed by atoms with Crippen LogP contribution in [0.3, 0.4) is 0 Å². The smallest absolute Gasteiger partial charge is 0.385 e. The van der Waals surface area contributed by atoms with Crippen molar-refractivity contribution in [3.05, 3.63) is 54.3 Å². The molecule has 1 amide bonds. The van der Waals surface area contributed by atoms with E-state index in [1.165, 1.54) is 19.4 Å². The van der Waals surface area contributed by atoms with Gasteiger partial charge in [-0.05, 0) is 34.4 Å². The van der Waals surface area contributed by atoms with Gasteiger partial charge in [-0.15, -0.1) is 0 Å². The number of hydrazone groups is 1. The number of halogens is 1. The van der Waals surface area contributed by atoms with Gasteiger partial charge in [-0.25, -0.2) is 5.43 Å². The van der Waals surface area contributed by atoms with Gasteiger partial charge < -0.3 is 14.6 Å². The van der Waals surface area contributed by atoms with E-state index in [1.807, 2.05) is 6.07 Å². The predicted molar refractivity (Wildman–Crippen MR) is 110 cm³/mol. The van der Waals surface area contributed by atoms with E-state index in [1.54, 1.807) is 35.6 Å². The van der Waals surface area contributed by atoms with Crippen LogP contribution in [0.2, 0.25) is 0 Å². The van der Waals surface area contributed by atoms with E-state index in [0.717, 1.165) is 6.07 Å². The zero-order chi connectivity index (χ0) is 22.3. The molecule has 2 rings (SSSR count). The molecular formula is C18H16IN5O6. The maximum Gasteiger partial charge on any atom is 0.385 e. The maximum atomic E-state index is 12.0. The van der Waals surface area contributed by atoms with Gasteiger partial charge in [0.2, 0.25) is 0 Å². The lowest BCUT2D eigenvalue weighted by atomic mass is 10.1. The fourth-order valence-corrected chi connectivity index (χ4v) is 3.05. The van der Waals surface area contributed by atoms with Crippen molar-refractivity contribution in [2.24, 2.45) is 5.10 Å². The molecule has 2 N–H and O–H groups in total. The molecule has 0 saturated carbocycles. The molecule has 0 aliphatic carbocycles. The van der Waals surface area contributed by atoms with Gasteiger partial charge in [0.05, 0.1) is 17.7 Å². The van der Waals surface area contributed by atoms with Crippen molar-refractivity contribution in [1.82, 2.24) is 5.43 Å². The standard InChI is InChI=1S/C18H16IN5O6/c1-10-3-12(8-29-2)13(6-20)18(22-10)30-9-16(25)23-21-7-11-4-14(19)17(26)15(5-11)24(27)28/h3-5,7,26H,8-9H2,1-2H3,(H,23,25)/b21-7+. The van der Waals surface area contributed by atoms with Crippen molar-refractivity contribution >= 4 is 40.4 Å². The number of aryl methyl sites for hydroxylation is 1. The van der Waals surface area contributed by atoms with Gasteiger partial charge in [-0.1, -0.05) is 0 Å². The van der Waals surface area contributed by atoms with Crippen molar-refractivity contribution in [1.29, 1.82) is 5.26 Å². The molecule has 0 bridgehead atoms. The van der Waals surface area contributed by atoms with E-state index in [4.69, 9.17) is 9.47 Å². The summed E-state index contributed by atoms with van der Waals surface area (Å²) in [5.74, 6) is -1.19. The highest BCUT2D eigenvalue weighted by molar-refractivity contribution is 14.1. The normalized spacial score (nSPS) is 10.6. The number of carbonyl (C=O) groups is 1. The average molecular weight is 525 g/mol. The molecule has 1 aromatic heterocycles. The number of aromatic nitrogens is 1. The number of nitro benzene ring substituents is 1. The van der Waals surface area contributed by atoms with Gasteiger partial charge >= 0.3 is 5.88 Å². The summed E-state index contributed by atoms with van der Waals surface area (Å²) in [4.78, 5) is 25.0. The molecule has 2 aromatic rings. The summed E-state index contributed by atoms with van der Waals surface area (Å²) in [6.45, 7) is 1.54. The third-order valence-electron chi connectivity index (χ3n) is 3.65. The molecule has 0 spiro atoms. The number of hydrogen-bond acceptors (Lipinski definition) is 8. The molecule has 12 heteroatoms. The number of ether oxygens (including phenoxy) is 2. The first-order valence-corrected chi connectivity index (χ1v) is 9.39. The first kappa shape index (κ1) is 23.0. The second-order valence-electron chi connectivity index (χ2n) is 5.92. The van der Waals surface area contributed by atoms with Crippen LogP contribution in [0.15, 0.2) is 23.3 Å². The third kappa shape index (κ3) is 5.84. The topological polar surface area (TPSA) is 164 Å². The Morgan fingerprint density at radius 2 is 2.20 bits per heavy atom. The van der Waals surface area contributed by atoms with E-state index >= 15 is 0 Å².